The molecule has 1 aromatic carbocycles. The lowest BCUT2D eigenvalue weighted by molar-refractivity contribution is -0.136. The van der Waals surface area contributed by atoms with E-state index in [4.69, 9.17) is 0 Å². The molecule has 0 aliphatic rings. The first-order valence-electron chi connectivity index (χ1n) is 8.41. The molecule has 2 rings (SSSR count). The summed E-state index contributed by atoms with van der Waals surface area (Å²) in [6.07, 6.45) is -1.71. The molecular weight excluding hydrogens is 345 g/mol. The zero-order valence-corrected chi connectivity index (χ0v) is 14.7. The zero-order chi connectivity index (χ0) is 19.2. The summed E-state index contributed by atoms with van der Waals surface area (Å²) in [6.45, 7) is 5.13. The van der Waals surface area contributed by atoms with Crippen molar-refractivity contribution in [3.63, 3.8) is 0 Å². The first kappa shape index (κ1) is 19.7. The Hall–Kier alpha value is -2.64. The van der Waals surface area contributed by atoms with E-state index in [1.165, 1.54) is 30.6 Å². The van der Waals surface area contributed by atoms with Crippen molar-refractivity contribution >= 4 is 17.4 Å². The Labute approximate surface area is 150 Å². The summed E-state index contributed by atoms with van der Waals surface area (Å²) in [7, 11) is 0. The third-order valence-corrected chi connectivity index (χ3v) is 3.66. The van der Waals surface area contributed by atoms with Crippen molar-refractivity contribution in [2.45, 2.75) is 32.9 Å². The highest BCUT2D eigenvalue weighted by atomic mass is 19.4. The van der Waals surface area contributed by atoms with E-state index < -0.39 is 11.7 Å². The van der Waals surface area contributed by atoms with Gasteiger partial charge in [0.25, 0.3) is 5.91 Å². The van der Waals surface area contributed by atoms with E-state index in [1.807, 2.05) is 13.8 Å². The van der Waals surface area contributed by atoms with E-state index in [9.17, 15) is 18.0 Å². The number of rotatable bonds is 7. The van der Waals surface area contributed by atoms with Crippen LogP contribution < -0.4 is 5.32 Å². The molecule has 1 N–H and O–H groups in total. The summed E-state index contributed by atoms with van der Waals surface area (Å²) in [4.78, 5) is 22.2. The molecule has 5 nitrogen and oxygen atoms in total. The molecule has 0 fully saturated rings. The molecule has 1 heterocycles. The highest BCUT2D eigenvalue weighted by molar-refractivity contribution is 5.93. The van der Waals surface area contributed by atoms with Crippen molar-refractivity contribution in [1.29, 1.82) is 0 Å². The van der Waals surface area contributed by atoms with Crippen molar-refractivity contribution in [1.82, 2.24) is 14.9 Å². The average Bonchev–Trinajstić information content (AvgIpc) is 2.61. The summed E-state index contributed by atoms with van der Waals surface area (Å²) < 4.78 is 39.3. The molecular formula is C18H21F3N4O. The number of aromatic nitrogens is 2. The molecule has 0 radical (unpaired) electrons. The molecule has 0 aliphatic carbocycles. The standard InChI is InChI=1S/C18H21F3N4O/c1-3-9-25(10-4-2)17(26)15-11-16(23-12-22-15)24-14-8-6-5-7-13(14)18(19,20)21/h5-8,11-12H,3-4,9-10H2,1-2H3,(H,22,23,24). The fourth-order valence-electron chi connectivity index (χ4n) is 2.54. The van der Waals surface area contributed by atoms with Gasteiger partial charge in [0.2, 0.25) is 0 Å². The van der Waals surface area contributed by atoms with Gasteiger partial charge in [-0.05, 0) is 25.0 Å². The molecule has 1 amide bonds. The van der Waals surface area contributed by atoms with Crippen LogP contribution in [-0.2, 0) is 6.18 Å². The molecule has 0 aliphatic heterocycles. The van der Waals surface area contributed by atoms with Crippen LogP contribution in [0.25, 0.3) is 0 Å². The van der Waals surface area contributed by atoms with E-state index in [2.05, 4.69) is 15.3 Å². The quantitative estimate of drug-likeness (QED) is 0.784. The molecule has 2 aromatic rings. The van der Waals surface area contributed by atoms with Crippen LogP contribution >= 0.6 is 0 Å². The minimum absolute atomic E-state index is 0.129. The maximum atomic E-state index is 13.1. The third kappa shape index (κ3) is 4.93. The molecule has 0 bridgehead atoms. The summed E-state index contributed by atoms with van der Waals surface area (Å²) in [5.41, 5.74) is -0.782. The number of hydrogen-bond donors (Lipinski definition) is 1. The SMILES string of the molecule is CCCN(CCC)C(=O)c1cc(Nc2ccccc2C(F)(F)F)ncn1. The van der Waals surface area contributed by atoms with Crippen LogP contribution in [0.2, 0.25) is 0 Å². The summed E-state index contributed by atoms with van der Waals surface area (Å²) >= 11 is 0. The van der Waals surface area contributed by atoms with Crippen LogP contribution in [0.4, 0.5) is 24.7 Å². The number of carbonyl (C=O) groups is 1. The third-order valence-electron chi connectivity index (χ3n) is 3.66. The average molecular weight is 366 g/mol. The van der Waals surface area contributed by atoms with Gasteiger partial charge < -0.3 is 10.2 Å². The number of nitrogens with zero attached hydrogens (tertiary/aromatic N) is 3. The van der Waals surface area contributed by atoms with Gasteiger partial charge in [0.1, 0.15) is 17.8 Å². The van der Waals surface area contributed by atoms with Gasteiger partial charge in [-0.2, -0.15) is 13.2 Å². The topological polar surface area (TPSA) is 58.1 Å². The molecule has 0 atom stereocenters. The predicted molar refractivity (Wildman–Crippen MR) is 93.2 cm³/mol. The number of nitrogens with one attached hydrogen (secondary N) is 1. The summed E-state index contributed by atoms with van der Waals surface area (Å²) in [6, 6.07) is 6.48. The van der Waals surface area contributed by atoms with Crippen LogP contribution in [-0.4, -0.2) is 33.9 Å². The van der Waals surface area contributed by atoms with E-state index in [-0.39, 0.29) is 23.1 Å². The molecule has 0 saturated carbocycles. The number of benzene rings is 1. The van der Waals surface area contributed by atoms with Crippen LogP contribution in [0.1, 0.15) is 42.7 Å². The maximum absolute atomic E-state index is 13.1. The lowest BCUT2D eigenvalue weighted by atomic mass is 10.1. The second kappa shape index (κ2) is 8.64. The lowest BCUT2D eigenvalue weighted by Gasteiger charge is -2.21. The van der Waals surface area contributed by atoms with Crippen LogP contribution in [0.3, 0.4) is 0 Å². The fourth-order valence-corrected chi connectivity index (χ4v) is 2.54. The van der Waals surface area contributed by atoms with Crippen molar-refractivity contribution < 1.29 is 18.0 Å². The zero-order valence-electron chi connectivity index (χ0n) is 14.7. The predicted octanol–water partition coefficient (Wildman–Crippen LogP) is 4.50. The smallest absolute Gasteiger partial charge is 0.340 e. The number of para-hydroxylation sites is 1. The number of carbonyl (C=O) groups excluding carboxylic acids is 1. The van der Waals surface area contributed by atoms with Crippen LogP contribution in [0, 0.1) is 0 Å². The second-order valence-electron chi connectivity index (χ2n) is 5.75. The number of alkyl halides is 3. The number of hydrogen-bond acceptors (Lipinski definition) is 4. The Kier molecular flexibility index (Phi) is 6.54. The Bertz CT molecular complexity index is 743. The van der Waals surface area contributed by atoms with Gasteiger partial charge in [-0.1, -0.05) is 26.0 Å². The molecule has 0 spiro atoms. The highest BCUT2D eigenvalue weighted by Crippen LogP contribution is 2.35. The van der Waals surface area contributed by atoms with Gasteiger partial charge in [0, 0.05) is 19.2 Å². The van der Waals surface area contributed by atoms with E-state index in [1.54, 1.807) is 4.90 Å². The molecule has 0 saturated heterocycles. The molecule has 0 unspecified atom stereocenters. The first-order chi connectivity index (χ1) is 12.4. The summed E-state index contributed by atoms with van der Waals surface area (Å²) in [5, 5.41) is 2.64. The Morgan fingerprint density at radius 1 is 1.12 bits per heavy atom. The first-order valence-corrected chi connectivity index (χ1v) is 8.41. The molecule has 140 valence electrons. The fraction of sp³-hybridized carbons (Fsp3) is 0.389. The number of halogens is 3. The lowest BCUT2D eigenvalue weighted by Crippen LogP contribution is -2.33. The second-order valence-corrected chi connectivity index (χ2v) is 5.75. The van der Waals surface area contributed by atoms with Crippen molar-refractivity contribution in [3.05, 3.63) is 47.9 Å². The molecule has 8 heteroatoms. The van der Waals surface area contributed by atoms with Crippen LogP contribution in [0.15, 0.2) is 36.7 Å². The van der Waals surface area contributed by atoms with Crippen molar-refractivity contribution in [2.24, 2.45) is 0 Å². The van der Waals surface area contributed by atoms with Crippen molar-refractivity contribution in [3.8, 4) is 0 Å². The van der Waals surface area contributed by atoms with Gasteiger partial charge in [0.15, 0.2) is 0 Å². The maximum Gasteiger partial charge on any atom is 0.418 e. The van der Waals surface area contributed by atoms with Gasteiger partial charge in [-0.25, -0.2) is 9.97 Å². The van der Waals surface area contributed by atoms with E-state index in [0.717, 1.165) is 18.9 Å². The van der Waals surface area contributed by atoms with E-state index >= 15 is 0 Å². The largest absolute Gasteiger partial charge is 0.418 e. The monoisotopic (exact) mass is 366 g/mol. The Morgan fingerprint density at radius 3 is 2.38 bits per heavy atom. The Morgan fingerprint density at radius 2 is 1.77 bits per heavy atom. The Balaban J connectivity index is 2.26. The molecule has 1 aromatic heterocycles. The highest BCUT2D eigenvalue weighted by Gasteiger charge is 2.33. The van der Waals surface area contributed by atoms with E-state index in [0.29, 0.717) is 13.1 Å². The van der Waals surface area contributed by atoms with Gasteiger partial charge in [0.05, 0.1) is 11.3 Å². The van der Waals surface area contributed by atoms with Crippen LogP contribution in [0.5, 0.6) is 0 Å². The normalized spacial score (nSPS) is 11.3. The van der Waals surface area contributed by atoms with Gasteiger partial charge >= 0.3 is 6.18 Å². The van der Waals surface area contributed by atoms with Gasteiger partial charge in [-0.15, -0.1) is 0 Å². The van der Waals surface area contributed by atoms with Crippen molar-refractivity contribution in [2.75, 3.05) is 18.4 Å². The minimum atomic E-state index is -4.49. The summed E-state index contributed by atoms with van der Waals surface area (Å²) in [5.74, 6) is -0.128. The number of anilines is 2. The molecule has 26 heavy (non-hydrogen) atoms. The van der Waals surface area contributed by atoms with Gasteiger partial charge in [-0.3, -0.25) is 4.79 Å². The number of amides is 1. The minimum Gasteiger partial charge on any atom is -0.340 e.